The number of anilines is 1. The van der Waals surface area contributed by atoms with Crippen molar-refractivity contribution in [2.45, 2.75) is 13.3 Å². The van der Waals surface area contributed by atoms with Gasteiger partial charge in [-0.05, 0) is 36.8 Å². The maximum absolute atomic E-state index is 13.3. The molecular formula is C18H20FN3O3. The molecule has 3 N–H and O–H groups in total. The fraction of sp³-hybridized carbons (Fsp3) is 0.222. The molecule has 0 radical (unpaired) electrons. The van der Waals surface area contributed by atoms with Gasteiger partial charge in [0.05, 0.1) is 19.4 Å². The minimum Gasteiger partial charge on any atom is -0.507 e. The number of carbonyl (C=O) groups excluding carboxylic acids is 1. The quantitative estimate of drug-likeness (QED) is 0.532. The molecule has 0 aliphatic rings. The van der Waals surface area contributed by atoms with Crippen LogP contribution in [0.4, 0.5) is 10.1 Å². The lowest BCUT2D eigenvalue weighted by Crippen LogP contribution is -2.27. The van der Waals surface area contributed by atoms with Gasteiger partial charge in [-0.25, -0.2) is 9.82 Å². The summed E-state index contributed by atoms with van der Waals surface area (Å²) in [6.07, 6.45) is 0.417. The molecule has 0 saturated carbocycles. The summed E-state index contributed by atoms with van der Waals surface area (Å²) in [4.78, 5) is 11.9. The van der Waals surface area contributed by atoms with Gasteiger partial charge in [0, 0.05) is 17.3 Å². The largest absolute Gasteiger partial charge is 0.507 e. The fourth-order valence-corrected chi connectivity index (χ4v) is 2.15. The first-order valence-corrected chi connectivity index (χ1v) is 7.75. The van der Waals surface area contributed by atoms with E-state index in [1.165, 1.54) is 12.1 Å². The molecule has 0 unspecified atom stereocenters. The Kier molecular flexibility index (Phi) is 6.33. The molecule has 0 atom stereocenters. The van der Waals surface area contributed by atoms with Crippen LogP contribution in [-0.2, 0) is 4.79 Å². The molecule has 7 heteroatoms. The van der Waals surface area contributed by atoms with Gasteiger partial charge in [-0.15, -0.1) is 0 Å². The minimum atomic E-state index is -0.486. The van der Waals surface area contributed by atoms with E-state index in [2.05, 4.69) is 15.8 Å². The lowest BCUT2D eigenvalue weighted by molar-refractivity contribution is -0.119. The molecule has 0 saturated heterocycles. The number of phenolic OH excluding ortho intramolecular Hbond substituents is 1. The number of hydrazone groups is 1. The number of phenols is 1. The van der Waals surface area contributed by atoms with Crippen molar-refractivity contribution >= 4 is 17.3 Å². The van der Waals surface area contributed by atoms with E-state index in [1.807, 2.05) is 0 Å². The standard InChI is InChI=1S/C18H20FN3O3/c1-3-16(15-9-12(19)7-8-17(15)23)21-22-18(24)11-20-13-5-4-6-14(10-13)25-2/h4-10,20,23H,3,11H2,1-2H3,(H,22,24)/b21-16+. The van der Waals surface area contributed by atoms with Crippen LogP contribution in [0, 0.1) is 5.82 Å². The summed E-state index contributed by atoms with van der Waals surface area (Å²) in [5.74, 6) is -0.270. The Balaban J connectivity index is 1.98. The van der Waals surface area contributed by atoms with Gasteiger partial charge < -0.3 is 15.2 Å². The normalized spacial score (nSPS) is 11.1. The molecule has 6 nitrogen and oxygen atoms in total. The molecule has 0 bridgehead atoms. The zero-order chi connectivity index (χ0) is 18.2. The lowest BCUT2D eigenvalue weighted by atomic mass is 10.1. The van der Waals surface area contributed by atoms with Gasteiger partial charge in [0.15, 0.2) is 0 Å². The molecule has 0 fully saturated rings. The van der Waals surface area contributed by atoms with E-state index in [-0.39, 0.29) is 23.8 Å². The Morgan fingerprint density at radius 3 is 2.80 bits per heavy atom. The number of nitrogens with one attached hydrogen (secondary N) is 2. The van der Waals surface area contributed by atoms with Gasteiger partial charge in [0.2, 0.25) is 0 Å². The second kappa shape index (κ2) is 8.68. The van der Waals surface area contributed by atoms with Crippen molar-refractivity contribution in [2.75, 3.05) is 19.0 Å². The van der Waals surface area contributed by atoms with Crippen LogP contribution in [0.25, 0.3) is 0 Å². The zero-order valence-electron chi connectivity index (χ0n) is 14.0. The highest BCUT2D eigenvalue weighted by molar-refractivity contribution is 6.03. The third-order valence-electron chi connectivity index (χ3n) is 3.44. The molecular weight excluding hydrogens is 325 g/mol. The third kappa shape index (κ3) is 5.20. The average molecular weight is 345 g/mol. The second-order valence-electron chi connectivity index (χ2n) is 5.19. The molecule has 132 valence electrons. The van der Waals surface area contributed by atoms with Gasteiger partial charge in [-0.2, -0.15) is 5.10 Å². The second-order valence-corrected chi connectivity index (χ2v) is 5.19. The number of amides is 1. The SMILES string of the molecule is CC/C(=N\NC(=O)CNc1cccc(OC)c1)c1cc(F)ccc1O. The molecule has 2 aromatic rings. The highest BCUT2D eigenvalue weighted by Gasteiger charge is 2.10. The van der Waals surface area contributed by atoms with Crippen molar-refractivity contribution < 1.29 is 19.0 Å². The summed E-state index contributed by atoms with van der Waals surface area (Å²) in [6, 6.07) is 10.8. The molecule has 0 aliphatic heterocycles. The molecule has 1 amide bonds. The van der Waals surface area contributed by atoms with Crippen LogP contribution in [-0.4, -0.2) is 30.4 Å². The predicted molar refractivity (Wildman–Crippen MR) is 94.5 cm³/mol. The highest BCUT2D eigenvalue weighted by atomic mass is 19.1. The van der Waals surface area contributed by atoms with Crippen LogP contribution in [0.5, 0.6) is 11.5 Å². The summed E-state index contributed by atoms with van der Waals surface area (Å²) in [7, 11) is 1.56. The maximum atomic E-state index is 13.3. The van der Waals surface area contributed by atoms with Crippen LogP contribution in [0.15, 0.2) is 47.6 Å². The van der Waals surface area contributed by atoms with Crippen molar-refractivity contribution in [2.24, 2.45) is 5.10 Å². The zero-order valence-corrected chi connectivity index (χ0v) is 14.0. The number of benzene rings is 2. The molecule has 0 aromatic heterocycles. The van der Waals surface area contributed by atoms with Crippen molar-refractivity contribution in [3.63, 3.8) is 0 Å². The van der Waals surface area contributed by atoms with Crippen LogP contribution >= 0.6 is 0 Å². The lowest BCUT2D eigenvalue weighted by Gasteiger charge is -2.09. The summed E-state index contributed by atoms with van der Waals surface area (Å²) in [6.45, 7) is 1.80. The van der Waals surface area contributed by atoms with E-state index in [0.717, 1.165) is 11.8 Å². The molecule has 0 spiro atoms. The Morgan fingerprint density at radius 1 is 1.28 bits per heavy atom. The molecule has 0 heterocycles. The van der Waals surface area contributed by atoms with E-state index in [0.29, 0.717) is 17.9 Å². The Labute approximate surface area is 145 Å². The number of hydrogen-bond acceptors (Lipinski definition) is 5. The van der Waals surface area contributed by atoms with E-state index in [9.17, 15) is 14.3 Å². The molecule has 2 aromatic carbocycles. The van der Waals surface area contributed by atoms with E-state index in [4.69, 9.17) is 4.74 Å². The van der Waals surface area contributed by atoms with Gasteiger partial charge in [0.1, 0.15) is 17.3 Å². The van der Waals surface area contributed by atoms with E-state index in [1.54, 1.807) is 38.3 Å². The van der Waals surface area contributed by atoms with Gasteiger partial charge in [0.25, 0.3) is 5.91 Å². The third-order valence-corrected chi connectivity index (χ3v) is 3.44. The maximum Gasteiger partial charge on any atom is 0.259 e. The van der Waals surface area contributed by atoms with Crippen molar-refractivity contribution in [3.8, 4) is 11.5 Å². The number of ether oxygens (including phenoxy) is 1. The average Bonchev–Trinajstić information content (AvgIpc) is 2.63. The number of aromatic hydroxyl groups is 1. The Bertz CT molecular complexity index is 778. The van der Waals surface area contributed by atoms with Crippen molar-refractivity contribution in [1.82, 2.24) is 5.43 Å². The smallest absolute Gasteiger partial charge is 0.259 e. The Hall–Kier alpha value is -3.09. The number of methoxy groups -OCH3 is 1. The van der Waals surface area contributed by atoms with Gasteiger partial charge in [-0.3, -0.25) is 4.79 Å². The summed E-state index contributed by atoms with van der Waals surface area (Å²) in [5.41, 5.74) is 3.77. The first kappa shape index (κ1) is 18.3. The van der Waals surface area contributed by atoms with E-state index >= 15 is 0 Å². The molecule has 0 aliphatic carbocycles. The minimum absolute atomic E-state index is 0.00277. The predicted octanol–water partition coefficient (Wildman–Crippen LogP) is 2.88. The Morgan fingerprint density at radius 2 is 2.08 bits per heavy atom. The number of halogens is 1. The molecule has 2 rings (SSSR count). The van der Waals surface area contributed by atoms with Crippen LogP contribution in [0.1, 0.15) is 18.9 Å². The first-order chi connectivity index (χ1) is 12.0. The number of carbonyl (C=O) groups is 1. The van der Waals surface area contributed by atoms with Crippen molar-refractivity contribution in [3.05, 3.63) is 53.8 Å². The summed E-state index contributed by atoms with van der Waals surface area (Å²) in [5, 5.41) is 16.8. The fourth-order valence-electron chi connectivity index (χ4n) is 2.15. The number of rotatable bonds is 7. The topological polar surface area (TPSA) is 83.0 Å². The van der Waals surface area contributed by atoms with Crippen LogP contribution < -0.4 is 15.5 Å². The summed E-state index contributed by atoms with van der Waals surface area (Å²) >= 11 is 0. The van der Waals surface area contributed by atoms with Crippen LogP contribution in [0.2, 0.25) is 0 Å². The van der Waals surface area contributed by atoms with E-state index < -0.39 is 5.82 Å². The first-order valence-electron chi connectivity index (χ1n) is 7.75. The molecule has 25 heavy (non-hydrogen) atoms. The monoisotopic (exact) mass is 345 g/mol. The van der Waals surface area contributed by atoms with Gasteiger partial charge >= 0.3 is 0 Å². The van der Waals surface area contributed by atoms with Crippen molar-refractivity contribution in [1.29, 1.82) is 0 Å². The van der Waals surface area contributed by atoms with Gasteiger partial charge in [-0.1, -0.05) is 13.0 Å². The van der Waals surface area contributed by atoms with Crippen LogP contribution in [0.3, 0.4) is 0 Å². The highest BCUT2D eigenvalue weighted by Crippen LogP contribution is 2.20. The number of hydrogen-bond donors (Lipinski definition) is 3. The number of nitrogens with zero attached hydrogens (tertiary/aromatic N) is 1. The summed E-state index contributed by atoms with van der Waals surface area (Å²) < 4.78 is 18.4.